The average Bonchev–Trinajstić information content (AvgIpc) is 2.99. The van der Waals surface area contributed by atoms with Crippen LogP contribution < -0.4 is 8.92 Å². The van der Waals surface area contributed by atoms with Gasteiger partial charge in [-0.25, -0.2) is 0 Å². The molecule has 10 heteroatoms. The zero-order valence-electron chi connectivity index (χ0n) is 24.8. The van der Waals surface area contributed by atoms with Crippen LogP contribution in [0.2, 0.25) is 0 Å². The zero-order chi connectivity index (χ0) is 31.9. The third kappa shape index (κ3) is 5.34. The van der Waals surface area contributed by atoms with E-state index in [1.807, 2.05) is 52.0 Å². The molecule has 0 aromatic heterocycles. The Hall–Kier alpha value is -5.27. The molecule has 0 aliphatic heterocycles. The number of aromatic hydroxyl groups is 3. The van der Waals surface area contributed by atoms with E-state index in [0.717, 1.165) is 22.8 Å². The minimum Gasteiger partial charge on any atom is -0.507 e. The highest BCUT2D eigenvalue weighted by Crippen LogP contribution is 2.43. The largest absolute Gasteiger partial charge is 0.507 e. The fourth-order valence-electron chi connectivity index (χ4n) is 5.58. The van der Waals surface area contributed by atoms with Crippen LogP contribution in [0.25, 0.3) is 15.7 Å². The highest BCUT2D eigenvalue weighted by atomic mass is 32.2. The second-order valence-corrected chi connectivity index (χ2v) is 12.3. The van der Waals surface area contributed by atoms with E-state index in [1.54, 1.807) is 24.3 Å². The predicted octanol–water partition coefficient (Wildman–Crippen LogP) is 7.63. The van der Waals surface area contributed by atoms with Gasteiger partial charge in [-0.3, -0.25) is 0 Å². The third-order valence-electron chi connectivity index (χ3n) is 7.75. The number of phenolic OH excluding ortho intramolecular Hbond substituents is 3. The second kappa shape index (κ2) is 11.4. The van der Waals surface area contributed by atoms with Gasteiger partial charge in [0.25, 0.3) is 0 Å². The van der Waals surface area contributed by atoms with Gasteiger partial charge in [0.2, 0.25) is 11.1 Å². The number of aryl methyl sites for hydroxylation is 4. The summed E-state index contributed by atoms with van der Waals surface area (Å²) in [5, 5.41) is 41.1. The molecule has 0 radical (unpaired) electrons. The van der Waals surface area contributed by atoms with E-state index in [4.69, 9.17) is 8.92 Å². The molecule has 44 heavy (non-hydrogen) atoms. The Labute approximate surface area is 255 Å². The summed E-state index contributed by atoms with van der Waals surface area (Å²) >= 11 is 0. The van der Waals surface area contributed by atoms with Crippen LogP contribution in [0.3, 0.4) is 0 Å². The molecule has 3 N–H and O–H groups in total. The van der Waals surface area contributed by atoms with Gasteiger partial charge in [0, 0.05) is 16.7 Å². The molecule has 5 aromatic carbocycles. The van der Waals surface area contributed by atoms with E-state index in [2.05, 4.69) is 4.98 Å². The Bertz CT molecular complexity index is 2000. The number of ether oxygens (including phenoxy) is 1. The van der Waals surface area contributed by atoms with Crippen molar-refractivity contribution >= 4 is 26.6 Å². The lowest BCUT2D eigenvalue weighted by atomic mass is 9.82. The summed E-state index contributed by atoms with van der Waals surface area (Å²) in [4.78, 5) is 2.73. The SMILES string of the molecule is COc1cc(C(c2cc(C)c(O)c(C)c2)c2cc(C)c(O)c(C)c2)ccc1OS(=O)(=O)c1cc([N+]#N)c(O)c2ccccc12. The number of fused-ring (bicyclic) bond motifs is 1. The van der Waals surface area contributed by atoms with E-state index in [0.29, 0.717) is 22.3 Å². The quantitative estimate of drug-likeness (QED) is 0.0969. The molecule has 0 atom stereocenters. The first kappa shape index (κ1) is 30.2. The number of rotatable bonds is 7. The molecule has 0 heterocycles. The molecule has 5 aromatic rings. The summed E-state index contributed by atoms with van der Waals surface area (Å²) in [6.45, 7) is 7.28. The normalized spacial score (nSPS) is 11.5. The van der Waals surface area contributed by atoms with Gasteiger partial charge >= 0.3 is 15.8 Å². The summed E-state index contributed by atoms with van der Waals surface area (Å²) in [5.41, 5.74) is 4.97. The molecule has 0 bridgehead atoms. The number of methoxy groups -OCH3 is 1. The average molecular weight is 612 g/mol. The summed E-state index contributed by atoms with van der Waals surface area (Å²) < 4.78 is 38.4. The van der Waals surface area contributed by atoms with Crippen molar-refractivity contribution in [3.63, 3.8) is 0 Å². The first-order valence-electron chi connectivity index (χ1n) is 13.7. The zero-order valence-corrected chi connectivity index (χ0v) is 25.6. The van der Waals surface area contributed by atoms with Crippen LogP contribution in [0.1, 0.15) is 44.9 Å². The fraction of sp³-hybridized carbons (Fsp3) is 0.176. The van der Waals surface area contributed by atoms with Crippen molar-refractivity contribution in [2.45, 2.75) is 38.5 Å². The third-order valence-corrected chi connectivity index (χ3v) is 9.02. The van der Waals surface area contributed by atoms with Gasteiger partial charge in [-0.05, 0) is 78.8 Å². The molecule has 224 valence electrons. The van der Waals surface area contributed by atoms with Crippen molar-refractivity contribution in [3.8, 4) is 28.7 Å². The summed E-state index contributed by atoms with van der Waals surface area (Å²) in [5.74, 6) is -0.266. The maximum atomic E-state index is 13.6. The summed E-state index contributed by atoms with van der Waals surface area (Å²) in [6, 6.07) is 19.8. The maximum absolute atomic E-state index is 13.6. The molecule has 9 nitrogen and oxygen atoms in total. The van der Waals surface area contributed by atoms with Crippen LogP contribution in [-0.4, -0.2) is 30.8 Å². The standard InChI is InChI=1S/C34H30N2O7S/c1-18-12-23(13-19(2)32(18)37)31(24-14-20(3)33(38)21(4)15-24)22-10-11-28(29(16-22)42-5)43-44(40,41)30-17-27(36-35)34(39)26-9-7-6-8-25(26)30/h6-17,31H,1-5H3,(H2-,37,38,39)/p+1. The minimum absolute atomic E-state index is 0.0780. The maximum Gasteiger partial charge on any atom is 0.428 e. The molecule has 0 saturated carbocycles. The van der Waals surface area contributed by atoms with Crippen molar-refractivity contribution in [3.05, 3.63) is 117 Å². The Morgan fingerprint density at radius 2 is 1.20 bits per heavy atom. The molecule has 0 aliphatic rings. The van der Waals surface area contributed by atoms with Crippen LogP contribution >= 0.6 is 0 Å². The van der Waals surface area contributed by atoms with Crippen LogP contribution in [0.15, 0.2) is 77.7 Å². The number of diazo groups is 1. The fourth-order valence-corrected chi connectivity index (χ4v) is 6.75. The van der Waals surface area contributed by atoms with Crippen LogP contribution in [0, 0.1) is 33.1 Å². The molecule has 0 amide bonds. The van der Waals surface area contributed by atoms with Gasteiger partial charge in [-0.15, -0.1) is 0 Å². The van der Waals surface area contributed by atoms with Gasteiger partial charge in [0.05, 0.1) is 13.2 Å². The molecule has 0 spiro atoms. The van der Waals surface area contributed by atoms with E-state index in [1.165, 1.54) is 25.3 Å². The molecule has 0 fully saturated rings. The lowest BCUT2D eigenvalue weighted by Crippen LogP contribution is -2.12. The van der Waals surface area contributed by atoms with Crippen molar-refractivity contribution in [1.82, 2.24) is 0 Å². The molecular weight excluding hydrogens is 580 g/mol. The Balaban J connectivity index is 1.64. The van der Waals surface area contributed by atoms with E-state index >= 15 is 0 Å². The summed E-state index contributed by atoms with van der Waals surface area (Å²) in [6.07, 6.45) is 0. The monoisotopic (exact) mass is 611 g/mol. The number of nitrogens with zero attached hydrogens (tertiary/aromatic N) is 2. The number of hydrogen-bond acceptors (Lipinski definition) is 8. The van der Waals surface area contributed by atoms with Crippen molar-refractivity contribution in [2.75, 3.05) is 7.11 Å². The Kier molecular flexibility index (Phi) is 7.84. The van der Waals surface area contributed by atoms with Crippen molar-refractivity contribution in [1.29, 1.82) is 5.39 Å². The molecule has 5 rings (SSSR count). The first-order valence-corrected chi connectivity index (χ1v) is 15.1. The number of hydrogen-bond donors (Lipinski definition) is 3. The summed E-state index contributed by atoms with van der Waals surface area (Å²) in [7, 11) is -3.11. The first-order chi connectivity index (χ1) is 20.9. The molecule has 0 aliphatic carbocycles. The minimum atomic E-state index is -4.51. The van der Waals surface area contributed by atoms with Gasteiger partial charge in [0.1, 0.15) is 16.4 Å². The van der Waals surface area contributed by atoms with E-state index in [-0.39, 0.29) is 56.0 Å². The predicted molar refractivity (Wildman–Crippen MR) is 167 cm³/mol. The lowest BCUT2D eigenvalue weighted by Gasteiger charge is -2.23. The van der Waals surface area contributed by atoms with Crippen molar-refractivity contribution in [2.24, 2.45) is 0 Å². The van der Waals surface area contributed by atoms with Gasteiger partial charge in [-0.2, -0.15) is 8.42 Å². The van der Waals surface area contributed by atoms with Gasteiger partial charge < -0.3 is 24.2 Å². The molecule has 0 unspecified atom stereocenters. The second-order valence-electron chi connectivity index (χ2n) is 10.8. The van der Waals surface area contributed by atoms with Crippen LogP contribution in [0.4, 0.5) is 5.69 Å². The van der Waals surface area contributed by atoms with E-state index in [9.17, 15) is 29.1 Å². The van der Waals surface area contributed by atoms with Gasteiger partial charge in [-0.1, -0.05) is 54.6 Å². The molecular formula is C34H31N2O7S+. The Morgan fingerprint density at radius 1 is 0.682 bits per heavy atom. The smallest absolute Gasteiger partial charge is 0.428 e. The highest BCUT2D eigenvalue weighted by Gasteiger charge is 2.30. The van der Waals surface area contributed by atoms with Crippen LogP contribution in [0.5, 0.6) is 28.7 Å². The number of phenols is 3. The number of benzene rings is 5. The van der Waals surface area contributed by atoms with Crippen LogP contribution in [-0.2, 0) is 10.1 Å². The molecule has 0 saturated heterocycles. The van der Waals surface area contributed by atoms with Crippen molar-refractivity contribution < 1.29 is 32.7 Å². The van der Waals surface area contributed by atoms with E-state index < -0.39 is 10.1 Å². The lowest BCUT2D eigenvalue weighted by molar-refractivity contribution is 0.390. The van der Waals surface area contributed by atoms with Gasteiger partial charge in [0.15, 0.2) is 16.5 Å². The topological polar surface area (TPSA) is 141 Å². The Morgan fingerprint density at radius 3 is 1.70 bits per heavy atom. The highest BCUT2D eigenvalue weighted by molar-refractivity contribution is 7.87.